The van der Waals surface area contributed by atoms with Crippen LogP contribution in [0, 0.1) is 29.6 Å². The Labute approximate surface area is 174 Å². The van der Waals surface area contributed by atoms with Crippen molar-refractivity contribution in [3.05, 3.63) is 28.2 Å². The van der Waals surface area contributed by atoms with Crippen LogP contribution in [-0.4, -0.2) is 29.6 Å². The summed E-state index contributed by atoms with van der Waals surface area (Å²) in [6.07, 6.45) is 8.31. The number of carbonyl (C=O) groups excluding carboxylic acids is 2. The van der Waals surface area contributed by atoms with Crippen molar-refractivity contribution in [3.63, 3.8) is 0 Å². The van der Waals surface area contributed by atoms with Gasteiger partial charge in [0.05, 0.1) is 24.0 Å². The van der Waals surface area contributed by atoms with Crippen molar-refractivity contribution in [2.75, 3.05) is 11.9 Å². The number of hydrogen-bond acceptors (Lipinski definition) is 5. The van der Waals surface area contributed by atoms with Gasteiger partial charge in [-0.05, 0) is 62.3 Å². The first-order valence-electron chi connectivity index (χ1n) is 10.4. The SMILES string of the molecule is CCOC(=O)c1c(NC(=O)[C@H]2[C@H](C(=O)O)[C@H]3C=C[C@H]2CC3)sc2c1C[C@@H](C)CC2. The molecule has 156 valence electrons. The first-order chi connectivity index (χ1) is 13.9. The Hall–Kier alpha value is -2.15. The van der Waals surface area contributed by atoms with Crippen molar-refractivity contribution in [1.82, 2.24) is 0 Å². The van der Waals surface area contributed by atoms with E-state index < -0.39 is 23.8 Å². The van der Waals surface area contributed by atoms with Crippen molar-refractivity contribution >= 4 is 34.2 Å². The summed E-state index contributed by atoms with van der Waals surface area (Å²) in [4.78, 5) is 38.9. The molecule has 4 aliphatic carbocycles. The summed E-state index contributed by atoms with van der Waals surface area (Å²) in [5, 5.41) is 13.2. The van der Waals surface area contributed by atoms with Gasteiger partial charge in [-0.15, -0.1) is 11.3 Å². The number of carboxylic acids is 1. The zero-order chi connectivity index (χ0) is 20.7. The molecule has 1 amide bonds. The number of allylic oxidation sites excluding steroid dienone is 2. The number of carboxylic acid groups (broad SMARTS) is 1. The van der Waals surface area contributed by atoms with Gasteiger partial charge in [0.15, 0.2) is 0 Å². The Kier molecular flexibility index (Phi) is 5.51. The molecule has 0 spiro atoms. The highest BCUT2D eigenvalue weighted by atomic mass is 32.1. The predicted octanol–water partition coefficient (Wildman–Crippen LogP) is 3.90. The number of esters is 1. The van der Waals surface area contributed by atoms with Gasteiger partial charge in [-0.3, -0.25) is 9.59 Å². The monoisotopic (exact) mass is 417 g/mol. The molecule has 1 aromatic rings. The Morgan fingerprint density at radius 3 is 2.48 bits per heavy atom. The number of aryl methyl sites for hydroxylation is 1. The predicted molar refractivity (Wildman–Crippen MR) is 110 cm³/mol. The lowest BCUT2D eigenvalue weighted by molar-refractivity contribution is -0.151. The fraction of sp³-hybridized carbons (Fsp3) is 0.591. The molecule has 29 heavy (non-hydrogen) atoms. The van der Waals surface area contributed by atoms with Crippen LogP contribution >= 0.6 is 11.3 Å². The molecule has 0 unspecified atom stereocenters. The van der Waals surface area contributed by atoms with Crippen molar-refractivity contribution in [1.29, 1.82) is 0 Å². The Bertz CT molecular complexity index is 873. The zero-order valence-electron chi connectivity index (χ0n) is 16.8. The molecule has 0 radical (unpaired) electrons. The minimum absolute atomic E-state index is 0.0678. The van der Waals surface area contributed by atoms with E-state index in [2.05, 4.69) is 12.2 Å². The zero-order valence-corrected chi connectivity index (χ0v) is 17.6. The number of aliphatic carboxylic acids is 1. The van der Waals surface area contributed by atoms with Crippen LogP contribution < -0.4 is 5.32 Å². The van der Waals surface area contributed by atoms with E-state index in [-0.39, 0.29) is 24.3 Å². The van der Waals surface area contributed by atoms with Gasteiger partial charge in [0.1, 0.15) is 5.00 Å². The first-order valence-corrected chi connectivity index (χ1v) is 11.3. The van der Waals surface area contributed by atoms with Crippen LogP contribution in [0.2, 0.25) is 0 Å². The Balaban J connectivity index is 1.65. The molecule has 2 bridgehead atoms. The average molecular weight is 418 g/mol. The number of carbonyl (C=O) groups is 3. The summed E-state index contributed by atoms with van der Waals surface area (Å²) in [6, 6.07) is 0. The molecule has 2 N–H and O–H groups in total. The van der Waals surface area contributed by atoms with Crippen LogP contribution in [0.25, 0.3) is 0 Å². The standard InChI is InChI=1S/C22H27NO5S/c1-3-28-22(27)18-14-10-11(2)4-9-15(14)29-20(18)23-19(24)16-12-5-7-13(8-6-12)17(16)21(25)26/h5,7,11-13,16-17H,3-4,6,8-10H2,1-2H3,(H,23,24)(H,25,26)/t11-,12-,13-,16+,17+/m0/s1. The smallest absolute Gasteiger partial charge is 0.341 e. The fourth-order valence-electron chi connectivity index (χ4n) is 5.15. The molecule has 1 fully saturated rings. The van der Waals surface area contributed by atoms with E-state index in [4.69, 9.17) is 4.74 Å². The Morgan fingerprint density at radius 2 is 1.86 bits per heavy atom. The van der Waals surface area contributed by atoms with Gasteiger partial charge in [0.25, 0.3) is 0 Å². The molecule has 0 saturated heterocycles. The molecule has 7 heteroatoms. The third kappa shape index (κ3) is 3.61. The summed E-state index contributed by atoms with van der Waals surface area (Å²) >= 11 is 1.44. The number of thiophene rings is 1. The maximum Gasteiger partial charge on any atom is 0.341 e. The lowest BCUT2D eigenvalue weighted by Gasteiger charge is -2.41. The maximum atomic E-state index is 13.2. The number of amides is 1. The molecular formula is C22H27NO5S. The highest BCUT2D eigenvalue weighted by molar-refractivity contribution is 7.17. The number of ether oxygens (including phenoxy) is 1. The quantitative estimate of drug-likeness (QED) is 0.560. The van der Waals surface area contributed by atoms with E-state index in [0.717, 1.165) is 42.5 Å². The summed E-state index contributed by atoms with van der Waals surface area (Å²) in [5.74, 6) is -2.64. The van der Waals surface area contributed by atoms with E-state index >= 15 is 0 Å². The second-order valence-electron chi connectivity index (χ2n) is 8.45. The molecule has 1 saturated carbocycles. The lowest BCUT2D eigenvalue weighted by atomic mass is 9.62. The van der Waals surface area contributed by atoms with Crippen LogP contribution in [0.15, 0.2) is 12.2 Å². The topological polar surface area (TPSA) is 92.7 Å². The van der Waals surface area contributed by atoms with Crippen molar-refractivity contribution in [3.8, 4) is 0 Å². The number of anilines is 1. The van der Waals surface area contributed by atoms with E-state index in [1.165, 1.54) is 11.3 Å². The van der Waals surface area contributed by atoms with Gasteiger partial charge in [-0.1, -0.05) is 19.1 Å². The van der Waals surface area contributed by atoms with Gasteiger partial charge >= 0.3 is 11.9 Å². The Morgan fingerprint density at radius 1 is 1.17 bits per heavy atom. The number of nitrogens with one attached hydrogen (secondary N) is 1. The number of hydrogen-bond donors (Lipinski definition) is 2. The molecule has 4 aliphatic rings. The van der Waals surface area contributed by atoms with Gasteiger partial charge in [0.2, 0.25) is 5.91 Å². The van der Waals surface area contributed by atoms with Crippen molar-refractivity contribution < 1.29 is 24.2 Å². The molecule has 0 aromatic carbocycles. The van der Waals surface area contributed by atoms with Gasteiger partial charge < -0.3 is 15.2 Å². The summed E-state index contributed by atoms with van der Waals surface area (Å²) < 4.78 is 5.28. The second-order valence-corrected chi connectivity index (χ2v) is 9.55. The lowest BCUT2D eigenvalue weighted by Crippen LogP contribution is -2.47. The number of fused-ring (bicyclic) bond motifs is 3. The van der Waals surface area contributed by atoms with Gasteiger partial charge in [-0.25, -0.2) is 4.79 Å². The largest absolute Gasteiger partial charge is 0.481 e. The second kappa shape index (κ2) is 7.94. The van der Waals surface area contributed by atoms with Crippen LogP contribution in [-0.2, 0) is 27.2 Å². The summed E-state index contributed by atoms with van der Waals surface area (Å²) in [5.41, 5.74) is 1.46. The van der Waals surface area contributed by atoms with E-state index in [1.54, 1.807) is 6.92 Å². The van der Waals surface area contributed by atoms with Crippen LogP contribution in [0.5, 0.6) is 0 Å². The molecule has 1 heterocycles. The minimum Gasteiger partial charge on any atom is -0.481 e. The molecule has 5 rings (SSSR count). The first kappa shape index (κ1) is 20.1. The minimum atomic E-state index is -0.922. The van der Waals surface area contributed by atoms with Crippen molar-refractivity contribution in [2.45, 2.75) is 46.0 Å². The molecular weight excluding hydrogens is 390 g/mol. The molecule has 6 nitrogen and oxygen atoms in total. The van der Waals surface area contributed by atoms with E-state index in [9.17, 15) is 19.5 Å². The number of rotatable bonds is 5. The maximum absolute atomic E-state index is 13.2. The van der Waals surface area contributed by atoms with E-state index in [0.29, 0.717) is 16.5 Å². The third-order valence-corrected chi connectivity index (χ3v) is 7.77. The third-order valence-electron chi connectivity index (χ3n) is 6.56. The normalized spacial score (nSPS) is 29.9. The molecule has 1 aromatic heterocycles. The van der Waals surface area contributed by atoms with Crippen LogP contribution in [0.1, 0.15) is 53.9 Å². The summed E-state index contributed by atoms with van der Waals surface area (Å²) in [7, 11) is 0. The fourth-order valence-corrected chi connectivity index (χ4v) is 6.38. The van der Waals surface area contributed by atoms with Gasteiger partial charge in [0, 0.05) is 4.88 Å². The highest BCUT2D eigenvalue weighted by Crippen LogP contribution is 2.46. The van der Waals surface area contributed by atoms with Crippen LogP contribution in [0.4, 0.5) is 5.00 Å². The van der Waals surface area contributed by atoms with Crippen LogP contribution in [0.3, 0.4) is 0 Å². The highest BCUT2D eigenvalue weighted by Gasteiger charge is 2.48. The van der Waals surface area contributed by atoms with E-state index in [1.807, 2.05) is 12.2 Å². The van der Waals surface area contributed by atoms with Gasteiger partial charge in [-0.2, -0.15) is 0 Å². The average Bonchev–Trinajstić information content (AvgIpc) is 3.05. The molecule has 5 atom stereocenters. The van der Waals surface area contributed by atoms with Crippen molar-refractivity contribution in [2.24, 2.45) is 29.6 Å². The molecule has 0 aliphatic heterocycles. The summed E-state index contributed by atoms with van der Waals surface area (Å²) in [6.45, 7) is 4.20.